The van der Waals surface area contributed by atoms with Gasteiger partial charge in [0.1, 0.15) is 0 Å². The van der Waals surface area contributed by atoms with Gasteiger partial charge in [-0.05, 0) is 40.2 Å². The lowest BCUT2D eigenvalue weighted by Gasteiger charge is -2.04. The first kappa shape index (κ1) is 15.8. The van der Waals surface area contributed by atoms with Crippen molar-refractivity contribution in [2.24, 2.45) is 0 Å². The predicted octanol–water partition coefficient (Wildman–Crippen LogP) is 2.01. The second-order valence-electron chi connectivity index (χ2n) is 4.66. The monoisotopic (exact) mass is 390 g/mol. The molecule has 8 nitrogen and oxygen atoms in total. The quantitative estimate of drug-likeness (QED) is 0.592. The molecule has 0 aliphatic rings. The largest absolute Gasteiger partial charge is 0.504 e. The first-order chi connectivity index (χ1) is 11.5. The van der Waals surface area contributed by atoms with E-state index in [0.29, 0.717) is 10.4 Å². The van der Waals surface area contributed by atoms with E-state index in [2.05, 4.69) is 31.9 Å². The van der Waals surface area contributed by atoms with Gasteiger partial charge < -0.3 is 9.52 Å². The predicted molar refractivity (Wildman–Crippen MR) is 86.6 cm³/mol. The normalized spacial score (nSPS) is 10.4. The molecule has 2 aromatic heterocycles. The van der Waals surface area contributed by atoms with E-state index in [1.807, 2.05) is 6.07 Å². The summed E-state index contributed by atoms with van der Waals surface area (Å²) in [7, 11) is 0. The third-order valence-corrected chi connectivity index (χ3v) is 3.44. The number of nitrogens with one attached hydrogen (secondary N) is 2. The summed E-state index contributed by atoms with van der Waals surface area (Å²) in [5, 5.41) is 13.9. The molecule has 2 amide bonds. The van der Waals surface area contributed by atoms with E-state index in [0.717, 1.165) is 0 Å². The van der Waals surface area contributed by atoms with Gasteiger partial charge in [-0.25, -0.2) is 4.68 Å². The van der Waals surface area contributed by atoms with Crippen LogP contribution in [0.15, 0.2) is 57.7 Å². The summed E-state index contributed by atoms with van der Waals surface area (Å²) in [6, 6.07) is 12.0. The molecule has 24 heavy (non-hydrogen) atoms. The lowest BCUT2D eigenvalue weighted by Crippen LogP contribution is -2.41. The zero-order valence-corrected chi connectivity index (χ0v) is 13.6. The van der Waals surface area contributed by atoms with Gasteiger partial charge in [0, 0.05) is 0 Å². The van der Waals surface area contributed by atoms with Crippen LogP contribution in [0.25, 0.3) is 5.69 Å². The van der Waals surface area contributed by atoms with E-state index in [1.165, 1.54) is 16.9 Å². The Hall–Kier alpha value is -3.07. The third kappa shape index (κ3) is 3.30. The summed E-state index contributed by atoms with van der Waals surface area (Å²) in [5.74, 6) is -1.70. The molecule has 2 heterocycles. The van der Waals surface area contributed by atoms with Gasteiger partial charge in [0.05, 0.1) is 11.9 Å². The zero-order chi connectivity index (χ0) is 17.1. The average Bonchev–Trinajstić information content (AvgIpc) is 3.19. The number of halogens is 1. The molecule has 0 fully saturated rings. The molecule has 122 valence electrons. The molecule has 0 spiro atoms. The van der Waals surface area contributed by atoms with E-state index in [4.69, 9.17) is 4.42 Å². The number of carbonyl (C=O) groups excluding carboxylic acids is 2. The van der Waals surface area contributed by atoms with Crippen LogP contribution in [-0.2, 0) is 0 Å². The van der Waals surface area contributed by atoms with Crippen LogP contribution in [0.1, 0.15) is 21.0 Å². The van der Waals surface area contributed by atoms with Crippen LogP contribution < -0.4 is 10.9 Å². The number of aromatic hydroxyl groups is 1. The molecule has 0 aliphatic carbocycles. The Morgan fingerprint density at radius 3 is 2.46 bits per heavy atom. The van der Waals surface area contributed by atoms with Crippen molar-refractivity contribution < 1.29 is 19.1 Å². The molecule has 0 saturated carbocycles. The zero-order valence-electron chi connectivity index (χ0n) is 12.1. The number of hydrogen-bond acceptors (Lipinski definition) is 5. The number of hydrogen-bond donors (Lipinski definition) is 3. The Bertz CT molecular complexity index is 888. The molecule has 0 unspecified atom stereocenters. The van der Waals surface area contributed by atoms with Gasteiger partial charge in [-0.15, -0.1) is 0 Å². The number of benzene rings is 1. The van der Waals surface area contributed by atoms with Crippen LogP contribution in [0.5, 0.6) is 5.75 Å². The molecular formula is C15H11BrN4O4. The van der Waals surface area contributed by atoms with Crippen molar-refractivity contribution in [2.45, 2.75) is 0 Å². The number of carbonyl (C=O) groups is 2. The molecule has 1 aromatic carbocycles. The Morgan fingerprint density at radius 2 is 1.79 bits per heavy atom. The molecule has 3 aromatic rings. The molecule has 3 rings (SSSR count). The number of rotatable bonds is 3. The van der Waals surface area contributed by atoms with Crippen molar-refractivity contribution >= 4 is 27.7 Å². The van der Waals surface area contributed by atoms with Crippen LogP contribution >= 0.6 is 15.9 Å². The molecule has 0 aliphatic heterocycles. The number of hydrazine groups is 1. The van der Waals surface area contributed by atoms with Crippen molar-refractivity contribution in [1.29, 1.82) is 0 Å². The molecule has 0 radical (unpaired) electrons. The Balaban J connectivity index is 1.69. The second kappa shape index (κ2) is 6.59. The summed E-state index contributed by atoms with van der Waals surface area (Å²) in [6.45, 7) is 0. The fourth-order valence-corrected chi connectivity index (χ4v) is 2.22. The maximum atomic E-state index is 12.0. The molecule has 0 atom stereocenters. The van der Waals surface area contributed by atoms with Crippen LogP contribution in [0.4, 0.5) is 0 Å². The summed E-state index contributed by atoms with van der Waals surface area (Å²) < 4.78 is 6.80. The lowest BCUT2D eigenvalue weighted by atomic mass is 10.3. The van der Waals surface area contributed by atoms with E-state index in [9.17, 15) is 14.7 Å². The maximum Gasteiger partial charge on any atom is 0.305 e. The molecular weight excluding hydrogens is 380 g/mol. The van der Waals surface area contributed by atoms with Crippen molar-refractivity contribution in [3.05, 3.63) is 64.8 Å². The summed E-state index contributed by atoms with van der Waals surface area (Å²) in [5.41, 5.74) is 4.79. The van der Waals surface area contributed by atoms with Crippen LogP contribution in [-0.4, -0.2) is 26.7 Å². The van der Waals surface area contributed by atoms with Crippen molar-refractivity contribution in [3.63, 3.8) is 0 Å². The van der Waals surface area contributed by atoms with Crippen molar-refractivity contribution in [1.82, 2.24) is 20.6 Å². The number of para-hydroxylation sites is 1. The number of furan rings is 1. The second-order valence-corrected chi connectivity index (χ2v) is 5.44. The van der Waals surface area contributed by atoms with Gasteiger partial charge in [0.25, 0.3) is 5.91 Å². The molecule has 9 heteroatoms. The number of amides is 2. The number of aromatic nitrogens is 2. The highest BCUT2D eigenvalue weighted by Gasteiger charge is 2.18. The fraction of sp³-hybridized carbons (Fsp3) is 0. The summed E-state index contributed by atoms with van der Waals surface area (Å²) in [4.78, 5) is 23.8. The van der Waals surface area contributed by atoms with E-state index in [-0.39, 0.29) is 17.2 Å². The molecule has 0 bridgehead atoms. The smallest absolute Gasteiger partial charge is 0.305 e. The van der Waals surface area contributed by atoms with Crippen LogP contribution in [0.2, 0.25) is 0 Å². The fourth-order valence-electron chi connectivity index (χ4n) is 1.91. The van der Waals surface area contributed by atoms with Gasteiger partial charge in [0.2, 0.25) is 0 Å². The van der Waals surface area contributed by atoms with Gasteiger partial charge in [0.15, 0.2) is 21.9 Å². The summed E-state index contributed by atoms with van der Waals surface area (Å²) >= 11 is 3.07. The molecule has 3 N–H and O–H groups in total. The standard InChI is InChI=1S/C15H11BrN4O4/c16-12-7-6-11(24-12)14(22)17-18-15(23)13-10(21)8-20(19-13)9-4-2-1-3-5-9/h1-8,21H,(H,17,22)(H,18,23). The van der Waals surface area contributed by atoms with Gasteiger partial charge >= 0.3 is 5.91 Å². The van der Waals surface area contributed by atoms with E-state index < -0.39 is 11.8 Å². The van der Waals surface area contributed by atoms with Crippen molar-refractivity contribution in [2.75, 3.05) is 0 Å². The highest BCUT2D eigenvalue weighted by atomic mass is 79.9. The minimum Gasteiger partial charge on any atom is -0.504 e. The van der Waals surface area contributed by atoms with E-state index in [1.54, 1.807) is 30.3 Å². The first-order valence-electron chi connectivity index (χ1n) is 6.74. The maximum absolute atomic E-state index is 12.0. The third-order valence-electron chi connectivity index (χ3n) is 3.02. The van der Waals surface area contributed by atoms with Gasteiger partial charge in [-0.3, -0.25) is 20.4 Å². The first-order valence-corrected chi connectivity index (χ1v) is 7.54. The van der Waals surface area contributed by atoms with E-state index >= 15 is 0 Å². The Morgan fingerprint density at radius 1 is 1.08 bits per heavy atom. The van der Waals surface area contributed by atoms with Crippen LogP contribution in [0, 0.1) is 0 Å². The van der Waals surface area contributed by atoms with Crippen LogP contribution in [0.3, 0.4) is 0 Å². The lowest BCUT2D eigenvalue weighted by molar-refractivity contribution is 0.0826. The Labute approximate surface area is 144 Å². The summed E-state index contributed by atoms with van der Waals surface area (Å²) in [6.07, 6.45) is 1.30. The van der Waals surface area contributed by atoms with Gasteiger partial charge in [-0.1, -0.05) is 18.2 Å². The highest BCUT2D eigenvalue weighted by molar-refractivity contribution is 9.10. The Kier molecular flexibility index (Phi) is 4.34. The topological polar surface area (TPSA) is 109 Å². The molecule has 0 saturated heterocycles. The van der Waals surface area contributed by atoms with Gasteiger partial charge in [-0.2, -0.15) is 5.10 Å². The minimum absolute atomic E-state index is 0.0150. The SMILES string of the molecule is O=C(NNC(=O)c1nn(-c2ccccc2)cc1O)c1ccc(Br)o1. The highest BCUT2D eigenvalue weighted by Crippen LogP contribution is 2.18. The van der Waals surface area contributed by atoms with Crippen molar-refractivity contribution in [3.8, 4) is 11.4 Å². The average molecular weight is 391 g/mol. The number of nitrogens with zero attached hydrogens (tertiary/aromatic N) is 2. The minimum atomic E-state index is -0.763.